The van der Waals surface area contributed by atoms with Crippen molar-refractivity contribution in [2.45, 2.75) is 32.1 Å². The monoisotopic (exact) mass is 190 g/mol. The lowest BCUT2D eigenvalue weighted by Gasteiger charge is -2.07. The summed E-state index contributed by atoms with van der Waals surface area (Å²) in [5.41, 5.74) is 2.98. The third-order valence-electron chi connectivity index (χ3n) is 2.79. The molecule has 0 aromatic heterocycles. The van der Waals surface area contributed by atoms with E-state index >= 15 is 0 Å². The van der Waals surface area contributed by atoms with Gasteiger partial charge in [-0.2, -0.15) is 0 Å². The molecule has 0 saturated heterocycles. The third-order valence-corrected chi connectivity index (χ3v) is 2.79. The van der Waals surface area contributed by atoms with Crippen LogP contribution in [0.3, 0.4) is 0 Å². The highest BCUT2D eigenvalue weighted by molar-refractivity contribution is 5.88. The Morgan fingerprint density at radius 1 is 1.50 bits per heavy atom. The summed E-state index contributed by atoms with van der Waals surface area (Å²) in [6, 6.07) is 5.50. The fourth-order valence-corrected chi connectivity index (χ4v) is 1.82. The van der Waals surface area contributed by atoms with Gasteiger partial charge < -0.3 is 5.11 Å². The molecule has 2 nitrogen and oxygen atoms in total. The van der Waals surface area contributed by atoms with E-state index in [-0.39, 0.29) is 0 Å². The number of benzene rings is 1. The normalized spacial score (nSPS) is 15.5. The number of rotatable bonds is 3. The standard InChI is InChI=1S/C12H14O2/c1-2-8-3-6-10(12(13)14)7-11(8)9-4-5-9/h3,6-7,9H,2,4-5H2,1H3,(H,13,14). The van der Waals surface area contributed by atoms with Crippen LogP contribution in [0.2, 0.25) is 0 Å². The minimum absolute atomic E-state index is 0.420. The fourth-order valence-electron chi connectivity index (χ4n) is 1.82. The molecule has 2 rings (SSSR count). The van der Waals surface area contributed by atoms with Crippen LogP contribution in [-0.2, 0) is 6.42 Å². The van der Waals surface area contributed by atoms with Gasteiger partial charge in [0.15, 0.2) is 0 Å². The highest BCUT2D eigenvalue weighted by Gasteiger charge is 2.26. The Labute approximate surface area is 83.6 Å². The van der Waals surface area contributed by atoms with Gasteiger partial charge in [-0.25, -0.2) is 4.79 Å². The van der Waals surface area contributed by atoms with Crippen molar-refractivity contribution >= 4 is 5.97 Å². The number of carboxylic acid groups (broad SMARTS) is 1. The molecule has 0 heterocycles. The summed E-state index contributed by atoms with van der Waals surface area (Å²) in [5, 5.41) is 8.88. The zero-order valence-corrected chi connectivity index (χ0v) is 8.29. The van der Waals surface area contributed by atoms with Crippen LogP contribution in [0.1, 0.15) is 47.2 Å². The summed E-state index contributed by atoms with van der Waals surface area (Å²) in [5.74, 6) is -0.196. The molecule has 0 aliphatic heterocycles. The average Bonchev–Trinajstić information content (AvgIpc) is 3.00. The molecule has 1 aromatic rings. The van der Waals surface area contributed by atoms with Crippen molar-refractivity contribution in [1.82, 2.24) is 0 Å². The van der Waals surface area contributed by atoms with E-state index in [1.165, 1.54) is 24.0 Å². The molecule has 1 N–H and O–H groups in total. The molecule has 1 aromatic carbocycles. The van der Waals surface area contributed by atoms with Crippen molar-refractivity contribution < 1.29 is 9.90 Å². The van der Waals surface area contributed by atoms with E-state index in [2.05, 4.69) is 6.92 Å². The van der Waals surface area contributed by atoms with Gasteiger partial charge in [0.1, 0.15) is 0 Å². The second-order valence-corrected chi connectivity index (χ2v) is 3.85. The molecule has 1 aliphatic carbocycles. The number of carboxylic acids is 1. The molecule has 74 valence electrons. The lowest BCUT2D eigenvalue weighted by Crippen LogP contribution is -1.99. The van der Waals surface area contributed by atoms with E-state index in [9.17, 15) is 4.79 Å². The Morgan fingerprint density at radius 3 is 2.71 bits per heavy atom. The summed E-state index contributed by atoms with van der Waals surface area (Å²) < 4.78 is 0. The van der Waals surface area contributed by atoms with E-state index < -0.39 is 5.97 Å². The predicted octanol–water partition coefficient (Wildman–Crippen LogP) is 2.82. The summed E-state index contributed by atoms with van der Waals surface area (Å²) >= 11 is 0. The first kappa shape index (κ1) is 9.25. The first-order valence-corrected chi connectivity index (χ1v) is 5.08. The second-order valence-electron chi connectivity index (χ2n) is 3.85. The van der Waals surface area contributed by atoms with Crippen molar-refractivity contribution in [3.63, 3.8) is 0 Å². The lowest BCUT2D eigenvalue weighted by atomic mass is 9.98. The summed E-state index contributed by atoms with van der Waals surface area (Å²) in [6.45, 7) is 2.11. The van der Waals surface area contributed by atoms with E-state index in [1.807, 2.05) is 12.1 Å². The van der Waals surface area contributed by atoms with Crippen molar-refractivity contribution in [2.75, 3.05) is 0 Å². The van der Waals surface area contributed by atoms with Crippen molar-refractivity contribution in [3.8, 4) is 0 Å². The number of hydrogen-bond donors (Lipinski definition) is 1. The summed E-state index contributed by atoms with van der Waals surface area (Å²) in [4.78, 5) is 10.8. The first-order chi connectivity index (χ1) is 6.72. The van der Waals surface area contributed by atoms with Gasteiger partial charge in [-0.05, 0) is 48.4 Å². The zero-order chi connectivity index (χ0) is 10.1. The smallest absolute Gasteiger partial charge is 0.335 e. The van der Waals surface area contributed by atoms with Gasteiger partial charge >= 0.3 is 5.97 Å². The fraction of sp³-hybridized carbons (Fsp3) is 0.417. The molecule has 0 atom stereocenters. The Hall–Kier alpha value is -1.31. The van der Waals surface area contributed by atoms with E-state index in [0.29, 0.717) is 11.5 Å². The molecule has 14 heavy (non-hydrogen) atoms. The highest BCUT2D eigenvalue weighted by atomic mass is 16.4. The average molecular weight is 190 g/mol. The molecular weight excluding hydrogens is 176 g/mol. The SMILES string of the molecule is CCc1ccc(C(=O)O)cc1C1CC1. The number of carbonyl (C=O) groups is 1. The van der Waals surface area contributed by atoms with Gasteiger partial charge in [0.2, 0.25) is 0 Å². The zero-order valence-electron chi connectivity index (χ0n) is 8.29. The number of aryl methyl sites for hydroxylation is 1. The summed E-state index contributed by atoms with van der Waals surface area (Å²) in [7, 11) is 0. The van der Waals surface area contributed by atoms with Crippen LogP contribution in [0.25, 0.3) is 0 Å². The summed E-state index contributed by atoms with van der Waals surface area (Å²) in [6.07, 6.45) is 3.43. The quantitative estimate of drug-likeness (QED) is 0.795. The minimum Gasteiger partial charge on any atom is -0.478 e. The topological polar surface area (TPSA) is 37.3 Å². The van der Waals surface area contributed by atoms with E-state index in [4.69, 9.17) is 5.11 Å². The second kappa shape index (κ2) is 3.45. The Balaban J connectivity index is 2.41. The largest absolute Gasteiger partial charge is 0.478 e. The molecule has 2 heteroatoms. The molecule has 1 saturated carbocycles. The number of hydrogen-bond acceptors (Lipinski definition) is 1. The number of aromatic carboxylic acids is 1. The van der Waals surface area contributed by atoms with Gasteiger partial charge in [-0.1, -0.05) is 13.0 Å². The Bertz CT molecular complexity index is 365. The van der Waals surface area contributed by atoms with E-state index in [0.717, 1.165) is 6.42 Å². The van der Waals surface area contributed by atoms with Gasteiger partial charge in [0.05, 0.1) is 5.56 Å². The van der Waals surface area contributed by atoms with Crippen LogP contribution in [0.15, 0.2) is 18.2 Å². The molecule has 0 bridgehead atoms. The maximum absolute atomic E-state index is 10.8. The van der Waals surface area contributed by atoms with Crippen LogP contribution in [0.5, 0.6) is 0 Å². The predicted molar refractivity (Wildman–Crippen MR) is 54.8 cm³/mol. The van der Waals surface area contributed by atoms with Gasteiger partial charge in [0, 0.05) is 0 Å². The molecule has 1 fully saturated rings. The molecule has 0 spiro atoms. The van der Waals surface area contributed by atoms with Crippen LogP contribution in [0.4, 0.5) is 0 Å². The van der Waals surface area contributed by atoms with Crippen molar-refractivity contribution in [3.05, 3.63) is 34.9 Å². The third kappa shape index (κ3) is 1.65. The van der Waals surface area contributed by atoms with Crippen LogP contribution in [0, 0.1) is 0 Å². The lowest BCUT2D eigenvalue weighted by molar-refractivity contribution is 0.0697. The molecule has 0 unspecified atom stereocenters. The highest BCUT2D eigenvalue weighted by Crippen LogP contribution is 2.42. The van der Waals surface area contributed by atoms with E-state index in [1.54, 1.807) is 6.07 Å². The maximum atomic E-state index is 10.8. The Kier molecular flexibility index (Phi) is 2.28. The van der Waals surface area contributed by atoms with Gasteiger partial charge in [-0.3, -0.25) is 0 Å². The van der Waals surface area contributed by atoms with Crippen molar-refractivity contribution in [2.24, 2.45) is 0 Å². The van der Waals surface area contributed by atoms with Crippen molar-refractivity contribution in [1.29, 1.82) is 0 Å². The van der Waals surface area contributed by atoms with Crippen LogP contribution >= 0.6 is 0 Å². The van der Waals surface area contributed by atoms with Crippen LogP contribution < -0.4 is 0 Å². The first-order valence-electron chi connectivity index (χ1n) is 5.08. The van der Waals surface area contributed by atoms with Gasteiger partial charge in [-0.15, -0.1) is 0 Å². The molecule has 0 amide bonds. The molecule has 1 aliphatic rings. The van der Waals surface area contributed by atoms with Crippen LogP contribution in [-0.4, -0.2) is 11.1 Å². The maximum Gasteiger partial charge on any atom is 0.335 e. The van der Waals surface area contributed by atoms with Gasteiger partial charge in [0.25, 0.3) is 0 Å². The molecular formula is C12H14O2. The minimum atomic E-state index is -0.824. The Morgan fingerprint density at radius 2 is 2.21 bits per heavy atom. The molecule has 0 radical (unpaired) electrons.